The van der Waals surface area contributed by atoms with Crippen molar-refractivity contribution in [1.29, 1.82) is 0 Å². The van der Waals surface area contributed by atoms with E-state index in [1.807, 2.05) is 18.7 Å². The standard InChI is InChI=1S/C21H33N3O2S/c1-9-15(10-2)24(11-12-26-8)19(25)17-13(3)16-14(4)22-20(21(5,6)7)23-18(16)27-17/h15H,9-12H2,1-8H3. The van der Waals surface area contributed by atoms with Crippen molar-refractivity contribution in [1.82, 2.24) is 14.9 Å². The SMILES string of the molecule is CCC(CC)N(CCOC)C(=O)c1sc2nc(C(C)(C)C)nc(C)c2c1C. The molecule has 0 atom stereocenters. The van der Waals surface area contributed by atoms with E-state index in [0.717, 1.165) is 45.0 Å². The largest absolute Gasteiger partial charge is 0.383 e. The highest BCUT2D eigenvalue weighted by Gasteiger charge is 2.28. The van der Waals surface area contributed by atoms with Crippen LogP contribution >= 0.6 is 11.3 Å². The average Bonchev–Trinajstić information content (AvgIpc) is 2.94. The van der Waals surface area contributed by atoms with Crippen molar-refractivity contribution in [2.45, 2.75) is 72.8 Å². The zero-order valence-corrected chi connectivity index (χ0v) is 18.8. The van der Waals surface area contributed by atoms with Crippen LogP contribution in [0.2, 0.25) is 0 Å². The molecule has 2 aromatic rings. The van der Waals surface area contributed by atoms with Gasteiger partial charge in [-0.25, -0.2) is 9.97 Å². The smallest absolute Gasteiger partial charge is 0.264 e. The van der Waals surface area contributed by atoms with Gasteiger partial charge in [0, 0.05) is 30.5 Å². The number of hydrogen-bond donors (Lipinski definition) is 0. The van der Waals surface area contributed by atoms with E-state index in [9.17, 15) is 4.79 Å². The van der Waals surface area contributed by atoms with Crippen molar-refractivity contribution in [3.05, 3.63) is 22.0 Å². The van der Waals surface area contributed by atoms with Gasteiger partial charge in [0.1, 0.15) is 10.7 Å². The minimum atomic E-state index is -0.124. The van der Waals surface area contributed by atoms with Gasteiger partial charge in [-0.3, -0.25) is 4.79 Å². The second-order valence-corrected chi connectivity index (χ2v) is 9.08. The van der Waals surface area contributed by atoms with E-state index in [1.165, 1.54) is 11.3 Å². The van der Waals surface area contributed by atoms with Gasteiger partial charge in [-0.1, -0.05) is 34.6 Å². The van der Waals surface area contributed by atoms with Crippen molar-refractivity contribution in [3.8, 4) is 0 Å². The van der Waals surface area contributed by atoms with Gasteiger partial charge in [-0.2, -0.15) is 0 Å². The lowest BCUT2D eigenvalue weighted by Gasteiger charge is -2.30. The lowest BCUT2D eigenvalue weighted by molar-refractivity contribution is 0.0594. The lowest BCUT2D eigenvalue weighted by atomic mass is 9.95. The van der Waals surface area contributed by atoms with Crippen LogP contribution in [-0.2, 0) is 10.2 Å². The number of methoxy groups -OCH3 is 1. The van der Waals surface area contributed by atoms with Gasteiger partial charge in [-0.05, 0) is 32.3 Å². The fraction of sp³-hybridized carbons (Fsp3) is 0.667. The summed E-state index contributed by atoms with van der Waals surface area (Å²) in [5.74, 6) is 0.905. The van der Waals surface area contributed by atoms with Gasteiger partial charge < -0.3 is 9.64 Å². The Morgan fingerprint density at radius 1 is 1.19 bits per heavy atom. The second-order valence-electron chi connectivity index (χ2n) is 8.08. The van der Waals surface area contributed by atoms with E-state index in [1.54, 1.807) is 7.11 Å². The van der Waals surface area contributed by atoms with E-state index >= 15 is 0 Å². The fourth-order valence-corrected chi connectivity index (χ4v) is 4.57. The first kappa shape index (κ1) is 21.8. The first-order chi connectivity index (χ1) is 12.6. The van der Waals surface area contributed by atoms with E-state index in [4.69, 9.17) is 14.7 Å². The minimum absolute atomic E-state index is 0.0814. The van der Waals surface area contributed by atoms with Gasteiger partial charge in [0.2, 0.25) is 0 Å². The molecular formula is C21H33N3O2S. The third kappa shape index (κ3) is 4.49. The van der Waals surface area contributed by atoms with E-state index in [-0.39, 0.29) is 17.4 Å². The first-order valence-electron chi connectivity index (χ1n) is 9.73. The Morgan fingerprint density at radius 2 is 1.81 bits per heavy atom. The van der Waals surface area contributed by atoms with E-state index < -0.39 is 0 Å². The molecule has 0 aliphatic heterocycles. The average molecular weight is 392 g/mol. The topological polar surface area (TPSA) is 55.3 Å². The van der Waals surface area contributed by atoms with Crippen LogP contribution < -0.4 is 0 Å². The van der Waals surface area contributed by atoms with Gasteiger partial charge in [0.05, 0.1) is 17.2 Å². The molecule has 0 fully saturated rings. The zero-order valence-electron chi connectivity index (χ0n) is 18.0. The molecule has 1 amide bonds. The summed E-state index contributed by atoms with van der Waals surface area (Å²) in [5, 5.41) is 1.02. The molecule has 27 heavy (non-hydrogen) atoms. The minimum Gasteiger partial charge on any atom is -0.383 e. The maximum Gasteiger partial charge on any atom is 0.264 e. The van der Waals surface area contributed by atoms with Gasteiger partial charge in [-0.15, -0.1) is 11.3 Å². The molecule has 0 aliphatic rings. The third-order valence-electron chi connectivity index (χ3n) is 5.02. The molecule has 0 saturated heterocycles. The number of hydrogen-bond acceptors (Lipinski definition) is 5. The Bertz CT molecular complexity index is 804. The Morgan fingerprint density at radius 3 is 2.33 bits per heavy atom. The number of ether oxygens (including phenoxy) is 1. The predicted octanol–water partition coefficient (Wildman–Crippen LogP) is 4.88. The molecular weight excluding hydrogens is 358 g/mol. The number of thiophene rings is 1. The number of rotatable bonds is 7. The molecule has 6 heteroatoms. The third-order valence-corrected chi connectivity index (χ3v) is 6.19. The van der Waals surface area contributed by atoms with Gasteiger partial charge in [0.15, 0.2) is 0 Å². The quantitative estimate of drug-likeness (QED) is 0.675. The zero-order chi connectivity index (χ0) is 20.4. The molecule has 2 heterocycles. The normalized spacial score (nSPS) is 12.2. The Labute approximate surface area is 167 Å². The molecule has 0 saturated carbocycles. The number of fused-ring (bicyclic) bond motifs is 1. The summed E-state index contributed by atoms with van der Waals surface area (Å²) in [7, 11) is 1.67. The molecule has 2 rings (SSSR count). The van der Waals surface area contributed by atoms with Crippen LogP contribution in [-0.4, -0.2) is 47.1 Å². The lowest BCUT2D eigenvalue weighted by Crippen LogP contribution is -2.41. The van der Waals surface area contributed by atoms with Crippen LogP contribution in [0.25, 0.3) is 10.2 Å². The Balaban J connectivity index is 2.54. The summed E-state index contributed by atoms with van der Waals surface area (Å²) < 4.78 is 5.25. The fourth-order valence-electron chi connectivity index (χ4n) is 3.38. The number of aromatic nitrogens is 2. The maximum atomic E-state index is 13.4. The molecule has 0 unspecified atom stereocenters. The van der Waals surface area contributed by atoms with Gasteiger partial charge >= 0.3 is 0 Å². The highest BCUT2D eigenvalue weighted by molar-refractivity contribution is 7.20. The predicted molar refractivity (Wildman–Crippen MR) is 113 cm³/mol. The van der Waals surface area contributed by atoms with Crippen LogP contribution in [0.4, 0.5) is 0 Å². The molecule has 0 aromatic carbocycles. The summed E-state index contributed by atoms with van der Waals surface area (Å²) >= 11 is 1.49. The Kier molecular flexibility index (Phi) is 6.98. The number of aryl methyl sites for hydroxylation is 2. The van der Waals surface area contributed by atoms with Crippen molar-refractivity contribution < 1.29 is 9.53 Å². The highest BCUT2D eigenvalue weighted by atomic mass is 32.1. The molecule has 0 radical (unpaired) electrons. The molecule has 0 N–H and O–H groups in total. The number of carbonyl (C=O) groups excluding carboxylic acids is 1. The van der Waals surface area contributed by atoms with Crippen molar-refractivity contribution in [2.75, 3.05) is 20.3 Å². The highest BCUT2D eigenvalue weighted by Crippen LogP contribution is 2.34. The number of amides is 1. The van der Waals surface area contributed by atoms with Crippen molar-refractivity contribution >= 4 is 27.5 Å². The molecule has 150 valence electrons. The number of nitrogens with zero attached hydrogens (tertiary/aromatic N) is 3. The molecule has 5 nitrogen and oxygen atoms in total. The van der Waals surface area contributed by atoms with Crippen LogP contribution in [0.5, 0.6) is 0 Å². The summed E-state index contributed by atoms with van der Waals surface area (Å²) in [6, 6.07) is 0.217. The van der Waals surface area contributed by atoms with Crippen LogP contribution in [0.3, 0.4) is 0 Å². The van der Waals surface area contributed by atoms with Crippen LogP contribution in [0.15, 0.2) is 0 Å². The van der Waals surface area contributed by atoms with E-state index in [2.05, 4.69) is 34.6 Å². The number of carbonyl (C=O) groups is 1. The molecule has 0 spiro atoms. The van der Waals surface area contributed by atoms with Crippen molar-refractivity contribution in [3.63, 3.8) is 0 Å². The summed E-state index contributed by atoms with van der Waals surface area (Å²) in [6.45, 7) is 15.8. The molecule has 0 aliphatic carbocycles. The van der Waals surface area contributed by atoms with Crippen LogP contribution in [0, 0.1) is 13.8 Å². The van der Waals surface area contributed by atoms with Crippen molar-refractivity contribution in [2.24, 2.45) is 0 Å². The maximum absolute atomic E-state index is 13.4. The molecule has 2 aromatic heterocycles. The monoisotopic (exact) mass is 391 g/mol. The summed E-state index contributed by atoms with van der Waals surface area (Å²) in [4.78, 5) is 26.6. The van der Waals surface area contributed by atoms with E-state index in [0.29, 0.717) is 13.2 Å². The summed E-state index contributed by atoms with van der Waals surface area (Å²) in [5.41, 5.74) is 1.82. The first-order valence-corrected chi connectivity index (χ1v) is 10.5. The second kappa shape index (κ2) is 8.65. The van der Waals surface area contributed by atoms with Crippen LogP contribution in [0.1, 0.15) is 74.2 Å². The summed E-state index contributed by atoms with van der Waals surface area (Å²) in [6.07, 6.45) is 1.87. The van der Waals surface area contributed by atoms with Gasteiger partial charge in [0.25, 0.3) is 5.91 Å². The molecule has 0 bridgehead atoms. The Hall–Kier alpha value is -1.53.